The van der Waals surface area contributed by atoms with Crippen molar-refractivity contribution in [2.75, 3.05) is 0 Å². The average Bonchev–Trinajstić information content (AvgIpc) is 2.70. The summed E-state index contributed by atoms with van der Waals surface area (Å²) in [5.41, 5.74) is 0.571. The predicted molar refractivity (Wildman–Crippen MR) is 109 cm³/mol. The molecule has 1 heterocycles. The summed E-state index contributed by atoms with van der Waals surface area (Å²) < 4.78 is 39.5. The maximum atomic E-state index is 13.3. The first-order valence-corrected chi connectivity index (χ1v) is 13.6. The monoisotopic (exact) mass is 396 g/mol. The molecule has 1 saturated heterocycles. The highest BCUT2D eigenvalue weighted by atomic mass is 28.3. The van der Waals surface area contributed by atoms with Gasteiger partial charge in [0.2, 0.25) is 0 Å². The molecule has 4 heteroatoms. The van der Waals surface area contributed by atoms with Crippen LogP contribution in [-0.2, 0) is 6.42 Å². The number of halogens is 3. The number of benzene rings is 1. The van der Waals surface area contributed by atoms with Gasteiger partial charge < -0.3 is 0 Å². The number of hydrogen-bond acceptors (Lipinski definition) is 0. The molecule has 0 amide bonds. The number of unbranched alkanes of at least 4 members (excludes halogenated alkanes) is 1. The van der Waals surface area contributed by atoms with Crippen molar-refractivity contribution in [3.63, 3.8) is 0 Å². The van der Waals surface area contributed by atoms with Crippen molar-refractivity contribution in [1.29, 1.82) is 0 Å². The zero-order valence-electron chi connectivity index (χ0n) is 16.8. The van der Waals surface area contributed by atoms with E-state index in [2.05, 4.69) is 6.92 Å². The minimum atomic E-state index is -1.36. The molecule has 1 aliphatic carbocycles. The topological polar surface area (TPSA) is 0 Å². The number of aryl methyl sites for hydroxylation is 1. The lowest BCUT2D eigenvalue weighted by atomic mass is 9.73. The van der Waals surface area contributed by atoms with Crippen molar-refractivity contribution in [1.82, 2.24) is 0 Å². The van der Waals surface area contributed by atoms with Crippen LogP contribution in [0.5, 0.6) is 0 Å². The maximum absolute atomic E-state index is 13.3. The smallest absolute Gasteiger partial charge is 0.194 e. The van der Waals surface area contributed by atoms with Crippen LogP contribution in [0.2, 0.25) is 18.1 Å². The van der Waals surface area contributed by atoms with E-state index in [1.807, 2.05) is 0 Å². The van der Waals surface area contributed by atoms with E-state index in [9.17, 15) is 13.2 Å². The molecule has 0 atom stereocenters. The first-order chi connectivity index (χ1) is 13.1. The normalized spacial score (nSPS) is 29.0. The van der Waals surface area contributed by atoms with E-state index in [0.29, 0.717) is 12.0 Å². The van der Waals surface area contributed by atoms with Crippen LogP contribution in [0.4, 0.5) is 13.2 Å². The van der Waals surface area contributed by atoms with E-state index in [4.69, 9.17) is 0 Å². The minimum absolute atomic E-state index is 0.333. The Hall–Kier alpha value is -0.773. The molecule has 1 aromatic rings. The molecule has 0 unspecified atom stereocenters. The molecule has 0 nitrogen and oxygen atoms in total. The molecule has 0 spiro atoms. The van der Waals surface area contributed by atoms with Crippen molar-refractivity contribution in [2.45, 2.75) is 89.3 Å². The Labute approximate surface area is 164 Å². The molecule has 2 fully saturated rings. The van der Waals surface area contributed by atoms with Gasteiger partial charge >= 0.3 is 0 Å². The van der Waals surface area contributed by atoms with Gasteiger partial charge in [0.25, 0.3) is 0 Å². The molecule has 1 aliphatic heterocycles. The summed E-state index contributed by atoms with van der Waals surface area (Å²) in [5.74, 6) is -0.661. The highest BCUT2D eigenvalue weighted by molar-refractivity contribution is 6.58. The molecule has 1 aromatic carbocycles. The molecular weight excluding hydrogens is 361 g/mol. The molecule has 1 saturated carbocycles. The molecule has 0 N–H and O–H groups in total. The second kappa shape index (κ2) is 10.1. The Morgan fingerprint density at radius 1 is 0.852 bits per heavy atom. The highest BCUT2D eigenvalue weighted by Gasteiger charge is 2.30. The van der Waals surface area contributed by atoms with Gasteiger partial charge in [0.1, 0.15) is 0 Å². The summed E-state index contributed by atoms with van der Waals surface area (Å²) in [7, 11) is -0.333. The van der Waals surface area contributed by atoms with Crippen molar-refractivity contribution >= 4 is 8.80 Å². The van der Waals surface area contributed by atoms with Crippen LogP contribution in [0, 0.1) is 35.2 Å². The van der Waals surface area contributed by atoms with E-state index in [1.165, 1.54) is 51.0 Å². The molecule has 0 aromatic heterocycles. The summed E-state index contributed by atoms with van der Waals surface area (Å²) in [5, 5.41) is 0. The molecule has 152 valence electrons. The summed E-state index contributed by atoms with van der Waals surface area (Å²) in [4.78, 5) is 0. The van der Waals surface area contributed by atoms with Crippen LogP contribution in [-0.4, -0.2) is 8.80 Å². The van der Waals surface area contributed by atoms with Crippen LogP contribution in [0.1, 0.15) is 70.3 Å². The number of hydrogen-bond donors (Lipinski definition) is 0. The van der Waals surface area contributed by atoms with Gasteiger partial charge in [0.05, 0.1) is 0 Å². The van der Waals surface area contributed by atoms with E-state index in [1.54, 1.807) is 12.1 Å². The minimum Gasteiger partial charge on any atom is -0.204 e. The Morgan fingerprint density at radius 3 is 2.04 bits per heavy atom. The molecular formula is C23H35F3Si. The van der Waals surface area contributed by atoms with Crippen LogP contribution in [0.15, 0.2) is 12.1 Å². The Balaban J connectivity index is 1.32. The third-order valence-corrected chi connectivity index (χ3v) is 10.9. The van der Waals surface area contributed by atoms with Gasteiger partial charge in [-0.3, -0.25) is 0 Å². The van der Waals surface area contributed by atoms with Gasteiger partial charge in [-0.15, -0.1) is 0 Å². The zero-order valence-corrected chi connectivity index (χ0v) is 17.9. The number of rotatable bonds is 7. The van der Waals surface area contributed by atoms with Crippen LogP contribution in [0.25, 0.3) is 0 Å². The van der Waals surface area contributed by atoms with Gasteiger partial charge in [-0.25, -0.2) is 13.2 Å². The van der Waals surface area contributed by atoms with Gasteiger partial charge in [0, 0.05) is 8.80 Å². The molecule has 2 aliphatic rings. The first-order valence-electron chi connectivity index (χ1n) is 11.2. The third-order valence-electron chi connectivity index (χ3n) is 7.40. The van der Waals surface area contributed by atoms with E-state index >= 15 is 0 Å². The maximum Gasteiger partial charge on any atom is 0.194 e. The fraction of sp³-hybridized carbons (Fsp3) is 0.739. The Bertz CT molecular complexity index is 564. The van der Waals surface area contributed by atoms with Crippen LogP contribution < -0.4 is 0 Å². The summed E-state index contributed by atoms with van der Waals surface area (Å²) in [6.45, 7) is 2.39. The van der Waals surface area contributed by atoms with Crippen molar-refractivity contribution in [2.24, 2.45) is 17.8 Å². The predicted octanol–water partition coefficient (Wildman–Crippen LogP) is 7.28. The molecule has 27 heavy (non-hydrogen) atoms. The standard InChI is InChI=1S/C23H35F3Si/c1-2-27-13-11-20(12-14-27)19-9-7-17(8-10-19)5-3-4-6-18-15-21(24)23(26)22(25)16-18/h15-17,19-20,27H,2-14H2,1H3/t17-,19-,20-,27-. The van der Waals surface area contributed by atoms with Crippen molar-refractivity contribution in [3.05, 3.63) is 35.1 Å². The lowest BCUT2D eigenvalue weighted by Gasteiger charge is -2.37. The fourth-order valence-electron chi connectivity index (χ4n) is 5.53. The Morgan fingerprint density at radius 2 is 1.44 bits per heavy atom. The van der Waals surface area contributed by atoms with E-state index < -0.39 is 17.5 Å². The highest BCUT2D eigenvalue weighted by Crippen LogP contribution is 2.41. The quantitative estimate of drug-likeness (QED) is 0.258. The molecule has 3 rings (SSSR count). The first kappa shape index (κ1) is 20.9. The SMILES string of the molecule is CC[Si@H]1CC[C@H]([C@H]2CC[C@H](CCCCc3cc(F)c(F)c(F)c3)CC2)CC1. The Kier molecular flexibility index (Phi) is 7.86. The largest absolute Gasteiger partial charge is 0.204 e. The van der Waals surface area contributed by atoms with E-state index in [0.717, 1.165) is 42.7 Å². The van der Waals surface area contributed by atoms with Crippen molar-refractivity contribution < 1.29 is 13.2 Å². The van der Waals surface area contributed by atoms with E-state index in [-0.39, 0.29) is 8.80 Å². The van der Waals surface area contributed by atoms with Crippen LogP contribution in [0.3, 0.4) is 0 Å². The van der Waals surface area contributed by atoms with Gasteiger partial charge in [-0.2, -0.15) is 0 Å². The van der Waals surface area contributed by atoms with Gasteiger partial charge in [-0.1, -0.05) is 63.6 Å². The lowest BCUT2D eigenvalue weighted by molar-refractivity contribution is 0.184. The third kappa shape index (κ3) is 5.85. The molecule has 0 bridgehead atoms. The summed E-state index contributed by atoms with van der Waals surface area (Å²) >= 11 is 0. The second-order valence-electron chi connectivity index (χ2n) is 9.09. The van der Waals surface area contributed by atoms with Crippen molar-refractivity contribution in [3.8, 4) is 0 Å². The zero-order chi connectivity index (χ0) is 19.2. The van der Waals surface area contributed by atoms with Gasteiger partial charge in [0.15, 0.2) is 17.5 Å². The average molecular weight is 397 g/mol. The fourth-order valence-corrected chi connectivity index (χ4v) is 8.43. The summed E-state index contributed by atoms with van der Waals surface area (Å²) in [6, 6.07) is 6.95. The van der Waals surface area contributed by atoms with Gasteiger partial charge in [-0.05, 0) is 61.1 Å². The van der Waals surface area contributed by atoms with Crippen LogP contribution >= 0.6 is 0 Å². The second-order valence-corrected chi connectivity index (χ2v) is 12.8. The summed E-state index contributed by atoms with van der Waals surface area (Å²) in [6.07, 6.45) is 12.5. The lowest BCUT2D eigenvalue weighted by Crippen LogP contribution is -2.28. The molecule has 0 radical (unpaired) electrons.